The summed E-state index contributed by atoms with van der Waals surface area (Å²) in [6.07, 6.45) is 2.61. The van der Waals surface area contributed by atoms with Gasteiger partial charge in [-0.15, -0.1) is 0 Å². The SMILES string of the molecule is CN(C)c1cc(NC(=O)Cn2cc(-c3cc(F)c(O)c(C(N)=O)c3)c3c(=O)n(C)cnc32)c(Cl)c(F)n1. The smallest absolute Gasteiger partial charge is 0.263 e. The van der Waals surface area contributed by atoms with Gasteiger partial charge in [-0.2, -0.15) is 4.39 Å². The number of amides is 2. The molecule has 11 nitrogen and oxygen atoms in total. The number of carbonyl (C=O) groups is 2. The summed E-state index contributed by atoms with van der Waals surface area (Å²) < 4.78 is 31.1. The number of carbonyl (C=O) groups excluding carboxylic acids is 2. The van der Waals surface area contributed by atoms with Crippen molar-refractivity contribution < 1.29 is 23.5 Å². The maximum Gasteiger partial charge on any atom is 0.263 e. The van der Waals surface area contributed by atoms with Gasteiger partial charge >= 0.3 is 0 Å². The van der Waals surface area contributed by atoms with Gasteiger partial charge < -0.3 is 30.2 Å². The highest BCUT2D eigenvalue weighted by Crippen LogP contribution is 2.33. The maximum atomic E-state index is 14.4. The molecule has 0 aliphatic carbocycles. The number of benzene rings is 1. The van der Waals surface area contributed by atoms with Crippen molar-refractivity contribution in [3.63, 3.8) is 0 Å². The third-order valence-electron chi connectivity index (χ3n) is 5.53. The number of anilines is 2. The Bertz CT molecular complexity index is 1650. The van der Waals surface area contributed by atoms with Gasteiger partial charge in [0.1, 0.15) is 23.0 Å². The molecule has 0 aliphatic rings. The quantitative estimate of drug-likeness (QED) is 0.323. The number of pyridine rings is 1. The second-order valence-electron chi connectivity index (χ2n) is 8.32. The molecule has 0 fully saturated rings. The highest BCUT2D eigenvalue weighted by Gasteiger charge is 2.22. The Labute approximate surface area is 212 Å². The van der Waals surface area contributed by atoms with E-state index in [2.05, 4.69) is 15.3 Å². The monoisotopic (exact) mass is 531 g/mol. The van der Waals surface area contributed by atoms with Crippen LogP contribution >= 0.6 is 11.6 Å². The third kappa shape index (κ3) is 4.68. The van der Waals surface area contributed by atoms with Gasteiger partial charge in [-0.3, -0.25) is 14.4 Å². The van der Waals surface area contributed by atoms with Crippen molar-refractivity contribution in [2.24, 2.45) is 12.8 Å². The molecule has 1 aromatic carbocycles. The molecule has 2 amide bonds. The number of nitrogens with two attached hydrogens (primary N) is 1. The average molecular weight is 532 g/mol. The molecule has 37 heavy (non-hydrogen) atoms. The Morgan fingerprint density at radius 1 is 1.24 bits per heavy atom. The average Bonchev–Trinajstić information content (AvgIpc) is 3.19. The van der Waals surface area contributed by atoms with Crippen molar-refractivity contribution in [2.45, 2.75) is 6.54 Å². The molecule has 0 aliphatic heterocycles. The number of nitrogens with zero attached hydrogens (tertiary/aromatic N) is 5. The molecule has 4 N–H and O–H groups in total. The number of hydrogen-bond donors (Lipinski definition) is 3. The fourth-order valence-corrected chi connectivity index (χ4v) is 3.84. The molecule has 3 aromatic heterocycles. The second-order valence-corrected chi connectivity index (χ2v) is 8.70. The van der Waals surface area contributed by atoms with E-state index in [9.17, 15) is 28.3 Å². The molecular formula is C23H20ClF2N7O4. The Balaban J connectivity index is 1.80. The number of primary amides is 1. The van der Waals surface area contributed by atoms with E-state index >= 15 is 0 Å². The first-order valence-electron chi connectivity index (χ1n) is 10.6. The van der Waals surface area contributed by atoms with E-state index in [1.165, 1.54) is 39.7 Å². The highest BCUT2D eigenvalue weighted by molar-refractivity contribution is 6.33. The number of phenols is 1. The fraction of sp³-hybridized carbons (Fsp3) is 0.174. The van der Waals surface area contributed by atoms with Crippen molar-refractivity contribution >= 4 is 46.0 Å². The van der Waals surface area contributed by atoms with Crippen LogP contribution in [0.5, 0.6) is 5.75 Å². The lowest BCUT2D eigenvalue weighted by Crippen LogP contribution is -2.21. The number of hydrogen-bond acceptors (Lipinski definition) is 7. The van der Waals surface area contributed by atoms with Gasteiger partial charge in [0, 0.05) is 39.0 Å². The van der Waals surface area contributed by atoms with Crippen LogP contribution in [-0.2, 0) is 18.4 Å². The van der Waals surface area contributed by atoms with Crippen molar-refractivity contribution in [2.75, 3.05) is 24.3 Å². The van der Waals surface area contributed by atoms with Gasteiger partial charge in [-0.25, -0.2) is 14.4 Å². The molecule has 14 heteroatoms. The molecular weight excluding hydrogens is 512 g/mol. The van der Waals surface area contributed by atoms with Crippen LogP contribution in [0.25, 0.3) is 22.2 Å². The minimum atomic E-state index is -1.13. The number of nitrogens with one attached hydrogen (secondary N) is 1. The van der Waals surface area contributed by atoms with Crippen molar-refractivity contribution in [3.05, 3.63) is 63.4 Å². The topological polar surface area (TPSA) is 148 Å². The summed E-state index contributed by atoms with van der Waals surface area (Å²) in [5.41, 5.74) is 4.51. The largest absolute Gasteiger partial charge is 0.504 e. The van der Waals surface area contributed by atoms with Crippen molar-refractivity contribution in [1.82, 2.24) is 19.1 Å². The lowest BCUT2D eigenvalue weighted by molar-refractivity contribution is -0.116. The summed E-state index contributed by atoms with van der Waals surface area (Å²) in [6.45, 7) is -0.391. The van der Waals surface area contributed by atoms with E-state index in [1.807, 2.05) is 0 Å². The molecule has 4 aromatic rings. The van der Waals surface area contributed by atoms with Gasteiger partial charge in [0.05, 0.1) is 23.0 Å². The summed E-state index contributed by atoms with van der Waals surface area (Å²) >= 11 is 5.97. The van der Waals surface area contributed by atoms with E-state index in [1.54, 1.807) is 14.1 Å². The maximum absolute atomic E-state index is 14.4. The zero-order valence-corrected chi connectivity index (χ0v) is 20.5. The van der Waals surface area contributed by atoms with Crippen LogP contribution < -0.4 is 21.5 Å². The first kappa shape index (κ1) is 25.6. The number of halogens is 3. The summed E-state index contributed by atoms with van der Waals surface area (Å²) in [4.78, 5) is 47.0. The first-order valence-corrected chi connectivity index (χ1v) is 11.0. The first-order chi connectivity index (χ1) is 17.4. The number of rotatable bonds is 6. The Hall–Kier alpha value is -4.52. The van der Waals surface area contributed by atoms with E-state index < -0.39 is 47.0 Å². The van der Waals surface area contributed by atoms with E-state index in [-0.39, 0.29) is 38.7 Å². The van der Waals surface area contributed by atoms with Crippen LogP contribution in [0.4, 0.5) is 20.3 Å². The van der Waals surface area contributed by atoms with E-state index in [0.717, 1.165) is 12.1 Å². The zero-order valence-electron chi connectivity index (χ0n) is 19.7. The Morgan fingerprint density at radius 3 is 2.59 bits per heavy atom. The lowest BCUT2D eigenvalue weighted by atomic mass is 10.0. The molecule has 0 atom stereocenters. The predicted octanol–water partition coefficient (Wildman–Crippen LogP) is 2.24. The second kappa shape index (κ2) is 9.50. The molecule has 4 rings (SSSR count). The van der Waals surface area contributed by atoms with Crippen LogP contribution in [0.1, 0.15) is 10.4 Å². The van der Waals surface area contributed by atoms with Gasteiger partial charge in [-0.05, 0) is 17.7 Å². The molecule has 3 heterocycles. The normalized spacial score (nSPS) is 11.1. The summed E-state index contributed by atoms with van der Waals surface area (Å²) in [5, 5.41) is 12.0. The van der Waals surface area contributed by atoms with Crippen LogP contribution in [0, 0.1) is 11.8 Å². The minimum absolute atomic E-state index is 0.0184. The van der Waals surface area contributed by atoms with Crippen LogP contribution in [0.15, 0.2) is 35.5 Å². The Kier molecular flexibility index (Phi) is 6.57. The predicted molar refractivity (Wildman–Crippen MR) is 133 cm³/mol. The third-order valence-corrected chi connectivity index (χ3v) is 5.89. The molecule has 0 saturated carbocycles. The Morgan fingerprint density at radius 2 is 1.95 bits per heavy atom. The number of fused-ring (bicyclic) bond motifs is 1. The number of aryl methyl sites for hydroxylation is 1. The molecule has 0 unspecified atom stereocenters. The molecule has 0 spiro atoms. The summed E-state index contributed by atoms with van der Waals surface area (Å²) in [6, 6.07) is 3.45. The van der Waals surface area contributed by atoms with E-state index in [4.69, 9.17) is 17.3 Å². The standard InChI is InChI=1S/C23H20ClF2N7O4/c1-31(2)15-6-14(18(24)20(26)30-15)29-16(34)8-33-7-12(17-22(33)28-9-32(3)23(17)37)10-4-11(21(27)36)19(35)13(25)5-10/h4-7,9,35H,8H2,1-3H3,(H2,27,36)(H,29,30,34). The summed E-state index contributed by atoms with van der Waals surface area (Å²) in [7, 11) is 4.73. The zero-order chi connectivity index (χ0) is 27.2. The molecule has 0 bridgehead atoms. The fourth-order valence-electron chi connectivity index (χ4n) is 3.70. The van der Waals surface area contributed by atoms with Gasteiger partial charge in [0.15, 0.2) is 11.6 Å². The van der Waals surface area contributed by atoms with E-state index in [0.29, 0.717) is 0 Å². The summed E-state index contributed by atoms with van der Waals surface area (Å²) in [5.74, 6) is -4.53. The number of aromatic hydroxyl groups is 1. The van der Waals surface area contributed by atoms with Gasteiger partial charge in [-0.1, -0.05) is 11.6 Å². The van der Waals surface area contributed by atoms with Crippen molar-refractivity contribution in [1.29, 1.82) is 0 Å². The van der Waals surface area contributed by atoms with Gasteiger partial charge in [0.25, 0.3) is 11.5 Å². The lowest BCUT2D eigenvalue weighted by Gasteiger charge is -2.15. The minimum Gasteiger partial charge on any atom is -0.504 e. The van der Waals surface area contributed by atoms with Crippen LogP contribution in [0.3, 0.4) is 0 Å². The van der Waals surface area contributed by atoms with Crippen LogP contribution in [-0.4, -0.2) is 50.1 Å². The molecule has 0 radical (unpaired) electrons. The molecule has 0 saturated heterocycles. The van der Waals surface area contributed by atoms with Crippen LogP contribution in [0.2, 0.25) is 5.02 Å². The molecule has 192 valence electrons. The van der Waals surface area contributed by atoms with Gasteiger partial charge in [0.2, 0.25) is 11.9 Å². The van der Waals surface area contributed by atoms with Crippen molar-refractivity contribution in [3.8, 4) is 16.9 Å². The number of aromatic nitrogens is 4. The highest BCUT2D eigenvalue weighted by atomic mass is 35.5.